The molecular formula is C22H32ClN3O. The van der Waals surface area contributed by atoms with E-state index in [0.717, 1.165) is 43.2 Å². The van der Waals surface area contributed by atoms with Crippen LogP contribution in [0, 0.1) is 5.92 Å². The lowest BCUT2D eigenvalue weighted by Crippen LogP contribution is -2.44. The van der Waals surface area contributed by atoms with Gasteiger partial charge in [0.2, 0.25) is 0 Å². The largest absolute Gasteiger partial charge is 0.396 e. The van der Waals surface area contributed by atoms with Crippen molar-refractivity contribution in [3.63, 3.8) is 0 Å². The van der Waals surface area contributed by atoms with Gasteiger partial charge in [-0.2, -0.15) is 0 Å². The lowest BCUT2D eigenvalue weighted by Gasteiger charge is -2.32. The van der Waals surface area contributed by atoms with Crippen molar-refractivity contribution in [1.29, 1.82) is 0 Å². The van der Waals surface area contributed by atoms with Crippen molar-refractivity contribution in [1.82, 2.24) is 9.80 Å². The van der Waals surface area contributed by atoms with Crippen molar-refractivity contribution in [2.75, 3.05) is 46.4 Å². The van der Waals surface area contributed by atoms with E-state index in [9.17, 15) is 0 Å². The van der Waals surface area contributed by atoms with Gasteiger partial charge in [-0.05, 0) is 62.1 Å². The molecule has 2 aliphatic rings. The molecule has 5 heteroatoms. The van der Waals surface area contributed by atoms with E-state index in [1.807, 2.05) is 12.1 Å². The van der Waals surface area contributed by atoms with Crippen LogP contribution in [0.1, 0.15) is 38.2 Å². The summed E-state index contributed by atoms with van der Waals surface area (Å²) in [5.74, 6) is 0.454. The first kappa shape index (κ1) is 20.4. The van der Waals surface area contributed by atoms with Crippen molar-refractivity contribution in [3.05, 3.63) is 40.4 Å². The first-order valence-electron chi connectivity index (χ1n) is 10.2. The van der Waals surface area contributed by atoms with Gasteiger partial charge in [-0.15, -0.1) is 0 Å². The number of piperazine rings is 1. The summed E-state index contributed by atoms with van der Waals surface area (Å²) in [5.41, 5.74) is 3.59. The van der Waals surface area contributed by atoms with Gasteiger partial charge in [-0.3, -0.25) is 0 Å². The van der Waals surface area contributed by atoms with E-state index in [2.05, 4.69) is 47.1 Å². The van der Waals surface area contributed by atoms with Crippen LogP contribution in [0.5, 0.6) is 0 Å². The monoisotopic (exact) mass is 389 g/mol. The van der Waals surface area contributed by atoms with Gasteiger partial charge in [0.15, 0.2) is 0 Å². The molecule has 1 aliphatic carbocycles. The summed E-state index contributed by atoms with van der Waals surface area (Å²) in [6.45, 7) is 8.70. The van der Waals surface area contributed by atoms with Crippen LogP contribution in [0.4, 0.5) is 0 Å². The van der Waals surface area contributed by atoms with Crippen molar-refractivity contribution < 1.29 is 4.84 Å². The highest BCUT2D eigenvalue weighted by Gasteiger charge is 2.21. The molecule has 0 bridgehead atoms. The average Bonchev–Trinajstić information content (AvgIpc) is 2.67. The van der Waals surface area contributed by atoms with Crippen molar-refractivity contribution in [2.45, 2.75) is 32.6 Å². The van der Waals surface area contributed by atoms with Crippen LogP contribution >= 0.6 is 11.6 Å². The standard InChI is InChI=1S/C22H32ClN3O/c1-18-5-3-6-20(17-19-7-9-21(23)10-8-19)22(18)24-27-16-4-11-26-14-12-25(2)13-15-26/h7-10,17-18H,3-6,11-16H2,1-2H3/t18-/m0/s1. The Labute approximate surface area is 168 Å². The van der Waals surface area contributed by atoms with Gasteiger partial charge >= 0.3 is 0 Å². The molecular weight excluding hydrogens is 358 g/mol. The van der Waals surface area contributed by atoms with Gasteiger partial charge < -0.3 is 14.6 Å². The second kappa shape index (κ2) is 10.3. The fraction of sp³-hybridized carbons (Fsp3) is 0.591. The van der Waals surface area contributed by atoms with Crippen LogP contribution in [-0.4, -0.2) is 61.9 Å². The first-order chi connectivity index (χ1) is 13.1. The zero-order chi connectivity index (χ0) is 19.1. The SMILES string of the molecule is C[C@H]1CCCC(=Cc2ccc(Cl)cc2)C1=NOCCCN1CCN(C)CC1. The van der Waals surface area contributed by atoms with E-state index in [0.29, 0.717) is 12.5 Å². The predicted molar refractivity (Wildman–Crippen MR) is 114 cm³/mol. The highest BCUT2D eigenvalue weighted by Crippen LogP contribution is 2.28. The minimum Gasteiger partial charge on any atom is -0.396 e. The van der Waals surface area contributed by atoms with Crippen molar-refractivity contribution in [3.8, 4) is 0 Å². The molecule has 27 heavy (non-hydrogen) atoms. The number of rotatable bonds is 6. The van der Waals surface area contributed by atoms with Crippen LogP contribution in [-0.2, 0) is 4.84 Å². The van der Waals surface area contributed by atoms with Gasteiger partial charge in [0.1, 0.15) is 6.61 Å². The quantitative estimate of drug-likeness (QED) is 0.527. The molecule has 0 amide bonds. The fourth-order valence-electron chi connectivity index (χ4n) is 3.77. The number of allylic oxidation sites excluding steroid dienone is 1. The molecule has 0 spiro atoms. The van der Waals surface area contributed by atoms with Crippen molar-refractivity contribution >= 4 is 23.4 Å². The zero-order valence-corrected chi connectivity index (χ0v) is 17.4. The van der Waals surface area contributed by atoms with E-state index in [1.54, 1.807) is 0 Å². The Bertz CT molecular complexity index is 648. The number of halogens is 1. The number of hydrogen-bond acceptors (Lipinski definition) is 4. The Kier molecular flexibility index (Phi) is 7.74. The Morgan fingerprint density at radius 2 is 1.93 bits per heavy atom. The first-order valence-corrected chi connectivity index (χ1v) is 10.6. The molecule has 1 aliphatic heterocycles. The lowest BCUT2D eigenvalue weighted by atomic mass is 9.84. The van der Waals surface area contributed by atoms with E-state index in [4.69, 9.17) is 16.4 Å². The third kappa shape index (κ3) is 6.34. The number of hydrogen-bond donors (Lipinski definition) is 0. The molecule has 1 aromatic carbocycles. The number of nitrogens with zero attached hydrogens (tertiary/aromatic N) is 3. The van der Waals surface area contributed by atoms with Crippen LogP contribution in [0.2, 0.25) is 5.02 Å². The van der Waals surface area contributed by atoms with Crippen molar-refractivity contribution in [2.24, 2.45) is 11.1 Å². The Morgan fingerprint density at radius 3 is 2.67 bits per heavy atom. The van der Waals surface area contributed by atoms with Crippen LogP contribution in [0.25, 0.3) is 6.08 Å². The van der Waals surface area contributed by atoms with Crippen LogP contribution in [0.15, 0.2) is 35.0 Å². The van der Waals surface area contributed by atoms with E-state index in [-0.39, 0.29) is 0 Å². The maximum Gasteiger partial charge on any atom is 0.118 e. The summed E-state index contributed by atoms with van der Waals surface area (Å²) in [4.78, 5) is 10.6. The summed E-state index contributed by atoms with van der Waals surface area (Å²) >= 11 is 6.00. The minimum absolute atomic E-state index is 0.454. The highest BCUT2D eigenvalue weighted by molar-refractivity contribution is 6.30. The summed E-state index contributed by atoms with van der Waals surface area (Å²) in [5, 5.41) is 5.32. The van der Waals surface area contributed by atoms with E-state index >= 15 is 0 Å². The third-order valence-corrected chi connectivity index (χ3v) is 5.81. The smallest absolute Gasteiger partial charge is 0.118 e. The molecule has 0 N–H and O–H groups in total. The maximum absolute atomic E-state index is 6.00. The number of oxime groups is 1. The number of likely N-dealkylation sites (N-methyl/N-ethyl adjacent to an activating group) is 1. The van der Waals surface area contributed by atoms with Gasteiger partial charge in [-0.25, -0.2) is 0 Å². The molecule has 0 unspecified atom stereocenters. The molecule has 148 valence electrons. The Hall–Kier alpha value is -1.36. The topological polar surface area (TPSA) is 28.1 Å². The third-order valence-electron chi connectivity index (χ3n) is 5.56. The van der Waals surface area contributed by atoms with Crippen LogP contribution in [0.3, 0.4) is 0 Å². The highest BCUT2D eigenvalue weighted by atomic mass is 35.5. The lowest BCUT2D eigenvalue weighted by molar-refractivity contribution is 0.110. The van der Waals surface area contributed by atoms with E-state index < -0.39 is 0 Å². The second-order valence-electron chi connectivity index (χ2n) is 7.82. The molecule has 1 aromatic rings. The van der Waals surface area contributed by atoms with Crippen LogP contribution < -0.4 is 0 Å². The molecule has 1 atom stereocenters. The number of benzene rings is 1. The second-order valence-corrected chi connectivity index (χ2v) is 8.26. The van der Waals surface area contributed by atoms with Gasteiger partial charge in [0.25, 0.3) is 0 Å². The molecule has 1 heterocycles. The summed E-state index contributed by atoms with van der Waals surface area (Å²) in [6.07, 6.45) is 6.73. The molecule has 2 fully saturated rings. The molecule has 1 saturated heterocycles. The fourth-order valence-corrected chi connectivity index (χ4v) is 3.90. The van der Waals surface area contributed by atoms with Gasteiger partial charge in [0, 0.05) is 43.7 Å². The predicted octanol–water partition coefficient (Wildman–Crippen LogP) is 4.55. The normalized spacial score (nSPS) is 25.2. The Morgan fingerprint density at radius 1 is 1.19 bits per heavy atom. The Balaban J connectivity index is 1.52. The molecule has 0 radical (unpaired) electrons. The molecule has 1 saturated carbocycles. The maximum atomic E-state index is 6.00. The summed E-state index contributed by atoms with van der Waals surface area (Å²) in [6, 6.07) is 7.99. The van der Waals surface area contributed by atoms with Gasteiger partial charge in [0.05, 0.1) is 5.71 Å². The molecule has 0 aromatic heterocycles. The average molecular weight is 390 g/mol. The molecule has 3 rings (SSSR count). The summed E-state index contributed by atoms with van der Waals surface area (Å²) in [7, 11) is 2.19. The van der Waals surface area contributed by atoms with E-state index in [1.165, 1.54) is 37.1 Å². The minimum atomic E-state index is 0.454. The molecule has 4 nitrogen and oxygen atoms in total. The summed E-state index contributed by atoms with van der Waals surface area (Å²) < 4.78 is 0. The van der Waals surface area contributed by atoms with Gasteiger partial charge in [-0.1, -0.05) is 35.8 Å². The zero-order valence-electron chi connectivity index (χ0n) is 16.7.